The maximum absolute atomic E-state index is 13.0. The molecule has 160 valence electrons. The van der Waals surface area contributed by atoms with E-state index in [-0.39, 0.29) is 29.5 Å². The highest BCUT2D eigenvalue weighted by Crippen LogP contribution is 2.24. The molecule has 0 bridgehead atoms. The van der Waals surface area contributed by atoms with Crippen molar-refractivity contribution in [2.24, 2.45) is 11.7 Å². The number of hydrogen-bond acceptors (Lipinski definition) is 5. The summed E-state index contributed by atoms with van der Waals surface area (Å²) >= 11 is 0. The van der Waals surface area contributed by atoms with Gasteiger partial charge in [0.05, 0.1) is 11.7 Å². The molecule has 0 saturated carbocycles. The Hall–Kier alpha value is -2.90. The highest BCUT2D eigenvalue weighted by atomic mass is 16.3. The molecule has 2 amide bonds. The van der Waals surface area contributed by atoms with Gasteiger partial charge in [-0.3, -0.25) is 9.59 Å². The van der Waals surface area contributed by atoms with Gasteiger partial charge in [-0.1, -0.05) is 36.4 Å². The van der Waals surface area contributed by atoms with E-state index in [2.05, 4.69) is 16.0 Å². The highest BCUT2D eigenvalue weighted by molar-refractivity contribution is 5.98. The van der Waals surface area contributed by atoms with Gasteiger partial charge in [0, 0.05) is 0 Å². The molecule has 30 heavy (non-hydrogen) atoms. The molecule has 0 aliphatic carbocycles. The molecule has 0 aromatic heterocycles. The van der Waals surface area contributed by atoms with Crippen molar-refractivity contribution >= 4 is 17.5 Å². The largest absolute Gasteiger partial charge is 0.506 e. The van der Waals surface area contributed by atoms with Crippen LogP contribution < -0.4 is 21.7 Å². The summed E-state index contributed by atoms with van der Waals surface area (Å²) < 4.78 is 0. The van der Waals surface area contributed by atoms with Gasteiger partial charge in [0.2, 0.25) is 11.8 Å². The maximum atomic E-state index is 13.0. The standard InChI is InChI=1S/C23H30N4O3/c1-15-7-10-21(28)19(11-15)27-22(29)18(9-8-16-5-3-2-4-6-16)26-23(30)20-12-17(13-24)14-25-20/h2-7,10-11,17-18,20,25,28H,8-9,12-14,24H2,1H3,(H,26,30)(H,27,29)/t17-,18-,20+/m1/s1. The monoisotopic (exact) mass is 410 g/mol. The highest BCUT2D eigenvalue weighted by Gasteiger charge is 2.31. The minimum absolute atomic E-state index is 0.00895. The summed E-state index contributed by atoms with van der Waals surface area (Å²) in [5, 5.41) is 18.9. The number of benzene rings is 2. The van der Waals surface area contributed by atoms with Gasteiger partial charge >= 0.3 is 0 Å². The van der Waals surface area contributed by atoms with Gasteiger partial charge < -0.3 is 26.8 Å². The topological polar surface area (TPSA) is 116 Å². The second-order valence-electron chi connectivity index (χ2n) is 7.89. The van der Waals surface area contributed by atoms with Crippen LogP contribution in [0.5, 0.6) is 5.75 Å². The van der Waals surface area contributed by atoms with Crippen molar-refractivity contribution in [1.82, 2.24) is 10.6 Å². The molecule has 7 heteroatoms. The van der Waals surface area contributed by atoms with Crippen LogP contribution in [-0.4, -0.2) is 42.1 Å². The van der Waals surface area contributed by atoms with E-state index < -0.39 is 6.04 Å². The number of rotatable bonds is 8. The molecule has 3 atom stereocenters. The molecular formula is C23H30N4O3. The quantitative estimate of drug-likeness (QED) is 0.425. The van der Waals surface area contributed by atoms with Crippen molar-refractivity contribution in [2.75, 3.05) is 18.4 Å². The first-order valence-electron chi connectivity index (χ1n) is 10.3. The number of hydrogen-bond donors (Lipinski definition) is 5. The van der Waals surface area contributed by atoms with Gasteiger partial charge in [-0.05, 0) is 68.5 Å². The Morgan fingerprint density at radius 1 is 1.23 bits per heavy atom. The summed E-state index contributed by atoms with van der Waals surface area (Å²) in [7, 11) is 0. The van der Waals surface area contributed by atoms with E-state index in [0.29, 0.717) is 38.0 Å². The van der Waals surface area contributed by atoms with Gasteiger partial charge in [-0.25, -0.2) is 0 Å². The number of aromatic hydroxyl groups is 1. The van der Waals surface area contributed by atoms with Crippen molar-refractivity contribution in [3.8, 4) is 5.75 Å². The molecule has 1 heterocycles. The fraction of sp³-hybridized carbons (Fsp3) is 0.391. The number of phenols is 1. The minimum Gasteiger partial charge on any atom is -0.506 e. The molecule has 1 fully saturated rings. The third-order valence-corrected chi connectivity index (χ3v) is 5.48. The zero-order valence-corrected chi connectivity index (χ0v) is 17.2. The summed E-state index contributed by atoms with van der Waals surface area (Å²) in [5.41, 5.74) is 8.05. The molecule has 1 aliphatic heterocycles. The molecule has 2 aromatic carbocycles. The Kier molecular flexibility index (Phi) is 7.43. The predicted molar refractivity (Wildman–Crippen MR) is 117 cm³/mol. The van der Waals surface area contributed by atoms with Crippen LogP contribution in [0.2, 0.25) is 0 Å². The van der Waals surface area contributed by atoms with Crippen LogP contribution in [0.1, 0.15) is 24.0 Å². The van der Waals surface area contributed by atoms with E-state index in [9.17, 15) is 14.7 Å². The number of carbonyl (C=O) groups excluding carboxylic acids is 2. The fourth-order valence-electron chi connectivity index (χ4n) is 3.65. The Balaban J connectivity index is 1.70. The van der Waals surface area contributed by atoms with Crippen LogP contribution >= 0.6 is 0 Å². The first-order chi connectivity index (χ1) is 14.5. The average molecular weight is 411 g/mol. The smallest absolute Gasteiger partial charge is 0.247 e. The fourth-order valence-corrected chi connectivity index (χ4v) is 3.65. The van der Waals surface area contributed by atoms with Gasteiger partial charge in [0.15, 0.2) is 0 Å². The number of anilines is 1. The third kappa shape index (κ3) is 5.81. The van der Waals surface area contributed by atoms with Gasteiger partial charge in [0.25, 0.3) is 0 Å². The maximum Gasteiger partial charge on any atom is 0.247 e. The number of nitrogens with one attached hydrogen (secondary N) is 3. The number of phenolic OH excluding ortho intramolecular Hbond substituents is 1. The van der Waals surface area contributed by atoms with Gasteiger partial charge in [0.1, 0.15) is 11.8 Å². The second kappa shape index (κ2) is 10.2. The summed E-state index contributed by atoms with van der Waals surface area (Å²) in [6.45, 7) is 3.11. The molecule has 0 spiro atoms. The molecule has 0 unspecified atom stereocenters. The Labute approximate surface area is 177 Å². The van der Waals surface area contributed by atoms with E-state index in [1.165, 1.54) is 6.07 Å². The summed E-state index contributed by atoms with van der Waals surface area (Å²) in [4.78, 5) is 25.8. The third-order valence-electron chi connectivity index (χ3n) is 5.48. The summed E-state index contributed by atoms with van der Waals surface area (Å²) in [5.74, 6) is -0.298. The first-order valence-corrected chi connectivity index (χ1v) is 10.3. The Bertz CT molecular complexity index is 872. The minimum atomic E-state index is -0.726. The van der Waals surface area contributed by atoms with Crippen LogP contribution in [0.3, 0.4) is 0 Å². The van der Waals surface area contributed by atoms with Crippen LogP contribution in [0.15, 0.2) is 48.5 Å². The zero-order chi connectivity index (χ0) is 21.5. The van der Waals surface area contributed by atoms with Crippen LogP contribution in [-0.2, 0) is 16.0 Å². The van der Waals surface area contributed by atoms with Crippen molar-refractivity contribution in [2.45, 2.75) is 38.3 Å². The number of aryl methyl sites for hydroxylation is 2. The molecule has 1 aliphatic rings. The lowest BCUT2D eigenvalue weighted by Crippen LogP contribution is -2.50. The molecule has 6 N–H and O–H groups in total. The first kappa shape index (κ1) is 21.8. The van der Waals surface area contributed by atoms with E-state index in [0.717, 1.165) is 11.1 Å². The molecule has 2 aromatic rings. The Morgan fingerprint density at radius 3 is 2.70 bits per heavy atom. The van der Waals surface area contributed by atoms with Crippen molar-refractivity contribution < 1.29 is 14.7 Å². The summed E-state index contributed by atoms with van der Waals surface area (Å²) in [6, 6.07) is 13.8. The lowest BCUT2D eigenvalue weighted by atomic mass is 10.0. The predicted octanol–water partition coefficient (Wildman–Crippen LogP) is 1.69. The molecule has 3 rings (SSSR count). The van der Waals surface area contributed by atoms with Crippen molar-refractivity contribution in [1.29, 1.82) is 0 Å². The molecule has 7 nitrogen and oxygen atoms in total. The average Bonchev–Trinajstić information content (AvgIpc) is 3.24. The lowest BCUT2D eigenvalue weighted by Gasteiger charge is -2.21. The van der Waals surface area contributed by atoms with E-state index in [1.807, 2.05) is 37.3 Å². The number of amides is 2. The van der Waals surface area contributed by atoms with E-state index in [4.69, 9.17) is 5.73 Å². The lowest BCUT2D eigenvalue weighted by molar-refractivity contribution is -0.127. The Morgan fingerprint density at radius 2 is 2.00 bits per heavy atom. The SMILES string of the molecule is Cc1ccc(O)c(NC(=O)[C@@H](CCc2ccccc2)NC(=O)[C@@H]2C[C@H](CN)CN2)c1. The van der Waals surface area contributed by atoms with Gasteiger partial charge in [-0.15, -0.1) is 0 Å². The van der Waals surface area contributed by atoms with Crippen LogP contribution in [0, 0.1) is 12.8 Å². The van der Waals surface area contributed by atoms with E-state index in [1.54, 1.807) is 12.1 Å². The second-order valence-corrected chi connectivity index (χ2v) is 7.89. The van der Waals surface area contributed by atoms with E-state index >= 15 is 0 Å². The van der Waals surface area contributed by atoms with Crippen LogP contribution in [0.25, 0.3) is 0 Å². The number of carbonyl (C=O) groups is 2. The molecular weight excluding hydrogens is 380 g/mol. The van der Waals surface area contributed by atoms with Gasteiger partial charge in [-0.2, -0.15) is 0 Å². The normalized spacial score (nSPS) is 19.3. The number of nitrogens with two attached hydrogens (primary N) is 1. The zero-order valence-electron chi connectivity index (χ0n) is 17.2. The molecule has 1 saturated heterocycles. The van der Waals surface area contributed by atoms with Crippen molar-refractivity contribution in [3.05, 3.63) is 59.7 Å². The summed E-state index contributed by atoms with van der Waals surface area (Å²) in [6.07, 6.45) is 1.75. The van der Waals surface area contributed by atoms with Crippen molar-refractivity contribution in [3.63, 3.8) is 0 Å². The van der Waals surface area contributed by atoms with Crippen LogP contribution in [0.4, 0.5) is 5.69 Å². The molecule has 0 radical (unpaired) electrons.